The van der Waals surface area contributed by atoms with Gasteiger partial charge in [-0.15, -0.1) is 5.10 Å². The van der Waals surface area contributed by atoms with Gasteiger partial charge in [0, 0.05) is 0 Å². The number of nitrogens with zero attached hydrogens (tertiary/aromatic N) is 3. The lowest BCUT2D eigenvalue weighted by Gasteiger charge is -2.12. The number of carbonyl (C=O) groups is 1. The molecule has 2 aromatic carbocycles. The van der Waals surface area contributed by atoms with Crippen molar-refractivity contribution in [3.8, 4) is 5.69 Å². The van der Waals surface area contributed by atoms with Crippen molar-refractivity contribution in [1.29, 1.82) is 0 Å². The molecule has 24 heavy (non-hydrogen) atoms. The molecule has 3 rings (SSSR count). The number of benzene rings is 2. The minimum atomic E-state index is -4.57. The van der Waals surface area contributed by atoms with Crippen LogP contribution in [0, 0.1) is 0 Å². The van der Waals surface area contributed by atoms with Gasteiger partial charge >= 0.3 is 6.18 Å². The molecule has 0 saturated heterocycles. The molecular formula is C16H11F3N4O. The molecule has 0 fully saturated rings. The van der Waals surface area contributed by atoms with Gasteiger partial charge in [0.15, 0.2) is 0 Å². The number of carbonyl (C=O) groups excluding carboxylic acids is 1. The van der Waals surface area contributed by atoms with Crippen LogP contribution < -0.4 is 5.32 Å². The molecule has 0 saturated carbocycles. The van der Waals surface area contributed by atoms with Crippen molar-refractivity contribution < 1.29 is 18.0 Å². The molecule has 5 nitrogen and oxygen atoms in total. The Morgan fingerprint density at radius 1 is 1.00 bits per heavy atom. The highest BCUT2D eigenvalue weighted by Gasteiger charge is 2.33. The standard InChI is InChI=1S/C16H11F3N4O/c17-16(18,19)12-8-4-5-9-13(12)21-15(24)14-20-10-23(22-14)11-6-2-1-3-7-11/h1-10H,(H,21,24). The lowest BCUT2D eigenvalue weighted by atomic mass is 10.1. The third-order valence-electron chi connectivity index (χ3n) is 3.20. The quantitative estimate of drug-likeness (QED) is 0.798. The van der Waals surface area contributed by atoms with Gasteiger partial charge in [0.05, 0.1) is 16.9 Å². The fourth-order valence-electron chi connectivity index (χ4n) is 2.09. The third kappa shape index (κ3) is 3.27. The maximum atomic E-state index is 12.9. The Balaban J connectivity index is 1.83. The molecular weight excluding hydrogens is 321 g/mol. The third-order valence-corrected chi connectivity index (χ3v) is 3.20. The van der Waals surface area contributed by atoms with Crippen molar-refractivity contribution in [1.82, 2.24) is 14.8 Å². The number of halogens is 3. The van der Waals surface area contributed by atoms with Gasteiger partial charge < -0.3 is 5.32 Å². The second kappa shape index (κ2) is 6.15. The van der Waals surface area contributed by atoms with Crippen molar-refractivity contribution in [2.45, 2.75) is 6.18 Å². The number of para-hydroxylation sites is 2. The molecule has 1 amide bonds. The minimum absolute atomic E-state index is 0.226. The second-order valence-electron chi connectivity index (χ2n) is 4.85. The van der Waals surface area contributed by atoms with Crippen LogP contribution >= 0.6 is 0 Å². The van der Waals surface area contributed by atoms with Crippen molar-refractivity contribution in [2.24, 2.45) is 0 Å². The normalized spacial score (nSPS) is 11.3. The summed E-state index contributed by atoms with van der Waals surface area (Å²) < 4.78 is 40.2. The summed E-state index contributed by atoms with van der Waals surface area (Å²) >= 11 is 0. The van der Waals surface area contributed by atoms with Crippen LogP contribution in [-0.4, -0.2) is 20.7 Å². The summed E-state index contributed by atoms with van der Waals surface area (Å²) in [6, 6.07) is 13.6. The van der Waals surface area contributed by atoms with E-state index in [0.29, 0.717) is 5.69 Å². The first-order valence-electron chi connectivity index (χ1n) is 6.90. The number of hydrogen-bond acceptors (Lipinski definition) is 3. The summed E-state index contributed by atoms with van der Waals surface area (Å²) in [5, 5.41) is 6.18. The monoisotopic (exact) mass is 332 g/mol. The highest BCUT2D eigenvalue weighted by atomic mass is 19.4. The molecule has 0 spiro atoms. The largest absolute Gasteiger partial charge is 0.418 e. The number of nitrogens with one attached hydrogen (secondary N) is 1. The summed E-state index contributed by atoms with van der Waals surface area (Å²) in [5.41, 5.74) is -0.591. The van der Waals surface area contributed by atoms with Crippen LogP contribution in [0.5, 0.6) is 0 Å². The first-order chi connectivity index (χ1) is 11.4. The van der Waals surface area contributed by atoms with E-state index in [2.05, 4.69) is 15.4 Å². The maximum absolute atomic E-state index is 12.9. The fraction of sp³-hybridized carbons (Fsp3) is 0.0625. The molecule has 0 radical (unpaired) electrons. The van der Waals surface area contributed by atoms with E-state index in [4.69, 9.17) is 0 Å². The Kier molecular flexibility index (Phi) is 4.03. The Morgan fingerprint density at radius 3 is 2.38 bits per heavy atom. The van der Waals surface area contributed by atoms with Gasteiger partial charge in [0.25, 0.3) is 5.91 Å². The summed E-state index contributed by atoms with van der Waals surface area (Å²) in [6.07, 6.45) is -3.25. The summed E-state index contributed by atoms with van der Waals surface area (Å²) in [5.74, 6) is -1.04. The molecule has 1 aromatic heterocycles. The molecule has 0 atom stereocenters. The topological polar surface area (TPSA) is 59.8 Å². The van der Waals surface area contributed by atoms with E-state index in [0.717, 1.165) is 6.07 Å². The first-order valence-corrected chi connectivity index (χ1v) is 6.90. The van der Waals surface area contributed by atoms with Crippen molar-refractivity contribution >= 4 is 11.6 Å². The zero-order valence-corrected chi connectivity index (χ0v) is 12.2. The summed E-state index contributed by atoms with van der Waals surface area (Å²) in [4.78, 5) is 16.0. The Bertz CT molecular complexity index is 859. The number of alkyl halides is 3. The Hall–Kier alpha value is -3.16. The van der Waals surface area contributed by atoms with Crippen LogP contribution in [0.1, 0.15) is 16.2 Å². The zero-order chi connectivity index (χ0) is 17.2. The molecule has 0 unspecified atom stereocenters. The van der Waals surface area contributed by atoms with Gasteiger partial charge in [-0.25, -0.2) is 9.67 Å². The average molecular weight is 332 g/mol. The molecule has 0 aliphatic heterocycles. The molecule has 1 heterocycles. The maximum Gasteiger partial charge on any atom is 0.418 e. The molecule has 3 aromatic rings. The minimum Gasteiger partial charge on any atom is -0.319 e. The molecule has 8 heteroatoms. The first kappa shape index (κ1) is 15.7. The smallest absolute Gasteiger partial charge is 0.319 e. The van der Waals surface area contributed by atoms with Crippen LogP contribution in [-0.2, 0) is 6.18 Å². The van der Waals surface area contributed by atoms with E-state index in [1.807, 2.05) is 6.07 Å². The molecule has 0 bridgehead atoms. The SMILES string of the molecule is O=C(Nc1ccccc1C(F)(F)F)c1ncn(-c2ccccc2)n1. The zero-order valence-electron chi connectivity index (χ0n) is 12.2. The van der Waals surface area contributed by atoms with Gasteiger partial charge in [-0.3, -0.25) is 4.79 Å². The van der Waals surface area contributed by atoms with Crippen LogP contribution in [0.4, 0.5) is 18.9 Å². The van der Waals surface area contributed by atoms with Gasteiger partial charge in [-0.05, 0) is 24.3 Å². The van der Waals surface area contributed by atoms with Crippen LogP contribution in [0.15, 0.2) is 60.9 Å². The van der Waals surface area contributed by atoms with Gasteiger partial charge in [-0.1, -0.05) is 30.3 Å². The van der Waals surface area contributed by atoms with Gasteiger partial charge in [-0.2, -0.15) is 13.2 Å². The molecule has 1 N–H and O–H groups in total. The highest BCUT2D eigenvalue weighted by molar-refractivity contribution is 6.02. The number of hydrogen-bond donors (Lipinski definition) is 1. The van der Waals surface area contributed by atoms with Crippen molar-refractivity contribution in [2.75, 3.05) is 5.32 Å². The van der Waals surface area contributed by atoms with Crippen molar-refractivity contribution in [3.63, 3.8) is 0 Å². The van der Waals surface area contributed by atoms with Crippen molar-refractivity contribution in [3.05, 3.63) is 72.3 Å². The summed E-state index contributed by atoms with van der Waals surface area (Å²) in [6.45, 7) is 0. The fourth-order valence-corrected chi connectivity index (χ4v) is 2.09. The Labute approximate surface area is 134 Å². The molecule has 122 valence electrons. The predicted molar refractivity (Wildman–Crippen MR) is 80.8 cm³/mol. The number of rotatable bonds is 3. The van der Waals surface area contributed by atoms with Crippen LogP contribution in [0.2, 0.25) is 0 Å². The molecule has 0 aliphatic carbocycles. The highest BCUT2D eigenvalue weighted by Crippen LogP contribution is 2.34. The van der Waals surface area contributed by atoms with Gasteiger partial charge in [0.2, 0.25) is 5.82 Å². The predicted octanol–water partition coefficient (Wildman–Crippen LogP) is 3.54. The lowest BCUT2D eigenvalue weighted by Crippen LogP contribution is -2.18. The van der Waals surface area contributed by atoms with Gasteiger partial charge in [0.1, 0.15) is 6.33 Å². The second-order valence-corrected chi connectivity index (χ2v) is 4.85. The Morgan fingerprint density at radius 2 is 1.67 bits per heavy atom. The van der Waals surface area contributed by atoms with Crippen LogP contribution in [0.25, 0.3) is 5.69 Å². The average Bonchev–Trinajstić information content (AvgIpc) is 3.05. The van der Waals surface area contributed by atoms with E-state index in [9.17, 15) is 18.0 Å². The van der Waals surface area contributed by atoms with E-state index < -0.39 is 17.6 Å². The van der Waals surface area contributed by atoms with E-state index in [-0.39, 0.29) is 11.5 Å². The van der Waals surface area contributed by atoms with E-state index >= 15 is 0 Å². The number of aromatic nitrogens is 3. The van der Waals surface area contributed by atoms with E-state index in [1.54, 1.807) is 24.3 Å². The lowest BCUT2D eigenvalue weighted by molar-refractivity contribution is -0.136. The number of amides is 1. The van der Waals surface area contributed by atoms with Crippen LogP contribution in [0.3, 0.4) is 0 Å². The summed E-state index contributed by atoms with van der Waals surface area (Å²) in [7, 11) is 0. The number of anilines is 1. The van der Waals surface area contributed by atoms with E-state index in [1.165, 1.54) is 29.2 Å². The molecule has 0 aliphatic rings.